The van der Waals surface area contributed by atoms with Crippen LogP contribution in [0.2, 0.25) is 0 Å². The molecule has 4 rings (SSSR count). The smallest absolute Gasteiger partial charge is 0.290 e. The number of furan rings is 1. The van der Waals surface area contributed by atoms with Gasteiger partial charge in [-0.1, -0.05) is 31.0 Å². The summed E-state index contributed by atoms with van der Waals surface area (Å²) in [7, 11) is 0. The number of hydrogen-bond acceptors (Lipinski definition) is 4. The monoisotopic (exact) mass is 396 g/mol. The fourth-order valence-corrected chi connectivity index (χ4v) is 4.21. The van der Waals surface area contributed by atoms with E-state index in [4.69, 9.17) is 9.15 Å². The molecule has 0 unspecified atom stereocenters. The summed E-state index contributed by atoms with van der Waals surface area (Å²) < 4.78 is 11.2. The summed E-state index contributed by atoms with van der Waals surface area (Å²) in [6.07, 6.45) is 7.04. The van der Waals surface area contributed by atoms with Crippen molar-refractivity contribution in [3.63, 3.8) is 0 Å². The Labute approximate surface area is 171 Å². The summed E-state index contributed by atoms with van der Waals surface area (Å²) >= 11 is 0. The Morgan fingerprint density at radius 3 is 2.38 bits per heavy atom. The van der Waals surface area contributed by atoms with Gasteiger partial charge in [0.05, 0.1) is 6.26 Å². The highest BCUT2D eigenvalue weighted by atomic mass is 16.5. The van der Waals surface area contributed by atoms with E-state index in [-0.39, 0.29) is 18.4 Å². The topological polar surface area (TPSA) is 63.0 Å². The van der Waals surface area contributed by atoms with Crippen LogP contribution in [0.3, 0.4) is 0 Å². The first-order chi connectivity index (χ1) is 14.2. The van der Waals surface area contributed by atoms with Gasteiger partial charge in [0.15, 0.2) is 5.76 Å². The van der Waals surface area contributed by atoms with Crippen LogP contribution in [0, 0.1) is 5.92 Å². The lowest BCUT2D eigenvalue weighted by Gasteiger charge is -2.35. The highest BCUT2D eigenvalue weighted by Crippen LogP contribution is 2.28. The molecule has 2 heterocycles. The third kappa shape index (κ3) is 4.81. The zero-order valence-electron chi connectivity index (χ0n) is 16.7. The fourth-order valence-electron chi connectivity index (χ4n) is 4.21. The quantitative estimate of drug-likeness (QED) is 0.747. The number of hydrogen-bond donors (Lipinski definition) is 0. The third-order valence-corrected chi connectivity index (χ3v) is 5.94. The highest BCUT2D eigenvalue weighted by Gasteiger charge is 2.29. The maximum Gasteiger partial charge on any atom is 0.290 e. The minimum absolute atomic E-state index is 0.135. The third-order valence-electron chi connectivity index (χ3n) is 5.94. The molecule has 1 aromatic heterocycles. The van der Waals surface area contributed by atoms with Crippen molar-refractivity contribution in [3.8, 4) is 5.75 Å². The number of piperazine rings is 1. The molecule has 1 aliphatic heterocycles. The second kappa shape index (κ2) is 9.16. The van der Waals surface area contributed by atoms with Gasteiger partial charge in [0.25, 0.3) is 5.91 Å². The summed E-state index contributed by atoms with van der Waals surface area (Å²) in [5.74, 6) is 1.73. The van der Waals surface area contributed by atoms with Crippen LogP contribution < -0.4 is 4.74 Å². The van der Waals surface area contributed by atoms with Crippen molar-refractivity contribution in [3.05, 3.63) is 54.0 Å². The molecule has 0 atom stereocenters. The van der Waals surface area contributed by atoms with Crippen molar-refractivity contribution in [2.75, 3.05) is 26.2 Å². The molecule has 154 valence electrons. The summed E-state index contributed by atoms with van der Waals surface area (Å²) in [4.78, 5) is 29.1. The number of carbonyl (C=O) groups excluding carboxylic acids is 2. The standard InChI is InChI=1S/C23H28N2O4/c26-21(16-18-6-4-5-7-18)24-11-13-25(14-12-24)23(27)22-19(10-15-28-22)17-29-20-8-2-1-3-9-20/h1-3,8-10,15,18H,4-7,11-14,16-17H2. The number of para-hydroxylation sites is 1. The van der Waals surface area contributed by atoms with E-state index in [1.54, 1.807) is 11.0 Å². The molecule has 6 nitrogen and oxygen atoms in total. The molecule has 2 amide bonds. The lowest BCUT2D eigenvalue weighted by molar-refractivity contribution is -0.133. The zero-order chi connectivity index (χ0) is 20.1. The van der Waals surface area contributed by atoms with Gasteiger partial charge in [0.2, 0.25) is 5.91 Å². The van der Waals surface area contributed by atoms with Crippen LogP contribution >= 0.6 is 0 Å². The lowest BCUT2D eigenvalue weighted by Crippen LogP contribution is -2.50. The SMILES string of the molecule is O=C(CC1CCCC1)N1CCN(C(=O)c2occc2COc2ccccc2)CC1. The molecular weight excluding hydrogens is 368 g/mol. The van der Waals surface area contributed by atoms with Gasteiger partial charge in [0.1, 0.15) is 12.4 Å². The van der Waals surface area contributed by atoms with Crippen LogP contribution in [0.25, 0.3) is 0 Å². The van der Waals surface area contributed by atoms with Gasteiger partial charge in [0, 0.05) is 38.2 Å². The number of amides is 2. The van der Waals surface area contributed by atoms with E-state index < -0.39 is 0 Å². The predicted molar refractivity (Wildman–Crippen MR) is 109 cm³/mol. The lowest BCUT2D eigenvalue weighted by atomic mass is 10.0. The van der Waals surface area contributed by atoms with Gasteiger partial charge in [-0.05, 0) is 37.0 Å². The normalized spacial score (nSPS) is 17.5. The van der Waals surface area contributed by atoms with E-state index in [1.807, 2.05) is 35.2 Å². The first-order valence-corrected chi connectivity index (χ1v) is 10.5. The number of nitrogens with zero attached hydrogens (tertiary/aromatic N) is 2. The Balaban J connectivity index is 1.29. The number of carbonyl (C=O) groups is 2. The van der Waals surface area contributed by atoms with Crippen molar-refractivity contribution >= 4 is 11.8 Å². The maximum atomic E-state index is 12.9. The minimum atomic E-state index is -0.135. The number of benzene rings is 1. The van der Waals surface area contributed by atoms with E-state index in [0.717, 1.165) is 11.3 Å². The summed E-state index contributed by atoms with van der Waals surface area (Å²) in [5, 5.41) is 0. The molecule has 6 heteroatoms. The van der Waals surface area contributed by atoms with Crippen LogP contribution in [0.5, 0.6) is 5.75 Å². The van der Waals surface area contributed by atoms with Crippen molar-refractivity contribution < 1.29 is 18.7 Å². The largest absolute Gasteiger partial charge is 0.489 e. The van der Waals surface area contributed by atoms with Crippen LogP contribution in [-0.4, -0.2) is 47.8 Å². The molecule has 1 saturated heterocycles. The van der Waals surface area contributed by atoms with Gasteiger partial charge < -0.3 is 19.0 Å². The van der Waals surface area contributed by atoms with E-state index in [2.05, 4.69) is 0 Å². The van der Waals surface area contributed by atoms with Gasteiger partial charge in [-0.2, -0.15) is 0 Å². The first kappa shape index (κ1) is 19.6. The molecule has 0 bridgehead atoms. The molecular formula is C23H28N2O4. The van der Waals surface area contributed by atoms with Crippen LogP contribution in [0.1, 0.15) is 48.2 Å². The van der Waals surface area contributed by atoms with Crippen molar-refractivity contribution in [1.29, 1.82) is 0 Å². The number of ether oxygens (including phenoxy) is 1. The first-order valence-electron chi connectivity index (χ1n) is 10.5. The Morgan fingerprint density at radius 1 is 0.966 bits per heavy atom. The zero-order valence-corrected chi connectivity index (χ0v) is 16.7. The van der Waals surface area contributed by atoms with Crippen LogP contribution in [-0.2, 0) is 11.4 Å². The minimum Gasteiger partial charge on any atom is -0.489 e. The van der Waals surface area contributed by atoms with E-state index >= 15 is 0 Å². The molecule has 0 radical (unpaired) electrons. The average Bonchev–Trinajstić information content (AvgIpc) is 3.44. The summed E-state index contributed by atoms with van der Waals surface area (Å²) in [5.41, 5.74) is 0.735. The average molecular weight is 396 g/mol. The molecule has 1 saturated carbocycles. The van der Waals surface area contributed by atoms with E-state index in [0.29, 0.717) is 44.3 Å². The Kier molecular flexibility index (Phi) is 6.17. The second-order valence-corrected chi connectivity index (χ2v) is 7.90. The van der Waals surface area contributed by atoms with Gasteiger partial charge in [-0.15, -0.1) is 0 Å². The Morgan fingerprint density at radius 2 is 1.66 bits per heavy atom. The van der Waals surface area contributed by atoms with E-state index in [1.165, 1.54) is 31.9 Å². The number of rotatable bonds is 6. The highest BCUT2D eigenvalue weighted by molar-refractivity contribution is 5.93. The molecule has 0 spiro atoms. The van der Waals surface area contributed by atoms with E-state index in [9.17, 15) is 9.59 Å². The van der Waals surface area contributed by atoms with Crippen LogP contribution in [0.4, 0.5) is 0 Å². The molecule has 2 aliphatic rings. The Bertz CT molecular complexity index is 818. The maximum absolute atomic E-state index is 12.9. The molecule has 2 aromatic rings. The van der Waals surface area contributed by atoms with Gasteiger partial charge >= 0.3 is 0 Å². The molecule has 29 heavy (non-hydrogen) atoms. The van der Waals surface area contributed by atoms with Gasteiger partial charge in [-0.3, -0.25) is 9.59 Å². The Hall–Kier alpha value is -2.76. The fraction of sp³-hybridized carbons (Fsp3) is 0.478. The molecule has 2 fully saturated rings. The van der Waals surface area contributed by atoms with Crippen molar-refractivity contribution in [2.24, 2.45) is 5.92 Å². The molecule has 1 aliphatic carbocycles. The molecule has 0 N–H and O–H groups in total. The van der Waals surface area contributed by atoms with Crippen molar-refractivity contribution in [1.82, 2.24) is 9.80 Å². The second-order valence-electron chi connectivity index (χ2n) is 7.90. The summed E-state index contributed by atoms with van der Waals surface area (Å²) in [6.45, 7) is 2.53. The van der Waals surface area contributed by atoms with Crippen LogP contribution in [0.15, 0.2) is 47.1 Å². The molecule has 1 aromatic carbocycles. The van der Waals surface area contributed by atoms with Crippen molar-refractivity contribution in [2.45, 2.75) is 38.7 Å². The van der Waals surface area contributed by atoms with Gasteiger partial charge in [-0.25, -0.2) is 0 Å². The predicted octanol–water partition coefficient (Wildman–Crippen LogP) is 3.72. The summed E-state index contributed by atoms with van der Waals surface area (Å²) in [6, 6.07) is 11.3.